The van der Waals surface area contributed by atoms with E-state index in [1.54, 1.807) is 42.7 Å². The second-order valence-electron chi connectivity index (χ2n) is 9.90. The summed E-state index contributed by atoms with van der Waals surface area (Å²) in [5.74, 6) is 0.124. The van der Waals surface area contributed by atoms with E-state index in [2.05, 4.69) is 0 Å². The van der Waals surface area contributed by atoms with Gasteiger partial charge in [-0.3, -0.25) is 9.69 Å². The van der Waals surface area contributed by atoms with Crippen molar-refractivity contribution in [1.29, 1.82) is 0 Å². The predicted octanol–water partition coefficient (Wildman–Crippen LogP) is 1.28. The molecule has 2 bridgehead atoms. The van der Waals surface area contributed by atoms with Gasteiger partial charge in [0.05, 0.1) is 35.7 Å². The molecule has 6 atom stereocenters. The third-order valence-electron chi connectivity index (χ3n) is 8.51. The summed E-state index contributed by atoms with van der Waals surface area (Å²) >= 11 is 0. The molecule has 174 valence electrons. The van der Waals surface area contributed by atoms with Crippen LogP contribution < -0.4 is 4.74 Å². The number of aliphatic hydroxyl groups excluding tert-OH is 1. The van der Waals surface area contributed by atoms with Crippen LogP contribution in [0.25, 0.3) is 6.08 Å². The molecule has 6 rings (SSSR count). The molecule has 3 heterocycles. The van der Waals surface area contributed by atoms with Gasteiger partial charge in [-0.1, -0.05) is 6.07 Å². The highest BCUT2D eigenvalue weighted by Gasteiger charge is 2.76. The van der Waals surface area contributed by atoms with Crippen molar-refractivity contribution < 1.29 is 29.3 Å². The standard InChI is InChI=1S/C25H28N2O6/c1-26-12-19(29)25-21-15-4-5-17(28)22(21)33-23(25)16(7-9-24(25,31)18(26)11-15)27(2)20(30)6-3-14-8-10-32-13-14/h3-6,8,10,13,16,18-19,23,28-29,31H,7,9,11-12H2,1-2H3/b6-3+/t16?,18-,19?,23?,24-,25+/m1/s1. The number of carbonyl (C=O) groups excluding carboxylic acids is 1. The number of rotatable bonds is 3. The predicted molar refractivity (Wildman–Crippen MR) is 119 cm³/mol. The fraction of sp³-hybridized carbons (Fsp3) is 0.480. The van der Waals surface area contributed by atoms with Crippen molar-refractivity contribution >= 4 is 12.0 Å². The zero-order valence-electron chi connectivity index (χ0n) is 18.6. The SMILES string of the molecule is CN(C(=O)/C=C/c1ccoc1)C1CC[C@@]2(O)[C@H]3Cc4ccc(O)c5c4[C@@]2(C(O)CN3C)C1O5. The fourth-order valence-corrected chi connectivity index (χ4v) is 7.03. The Labute approximate surface area is 191 Å². The molecule has 1 saturated heterocycles. The lowest BCUT2D eigenvalue weighted by atomic mass is 9.47. The Morgan fingerprint density at radius 2 is 2.15 bits per heavy atom. The summed E-state index contributed by atoms with van der Waals surface area (Å²) in [5, 5.41) is 34.4. The molecule has 33 heavy (non-hydrogen) atoms. The number of piperidine rings is 1. The van der Waals surface area contributed by atoms with Crippen LogP contribution >= 0.6 is 0 Å². The van der Waals surface area contributed by atoms with Gasteiger partial charge in [-0.05, 0) is 50.1 Å². The number of phenolic OH excluding ortho intramolecular Hbond substituents is 1. The Bertz CT molecular complexity index is 1150. The molecule has 1 saturated carbocycles. The van der Waals surface area contributed by atoms with Gasteiger partial charge in [-0.15, -0.1) is 0 Å². The number of nitrogens with zero attached hydrogens (tertiary/aromatic N) is 2. The number of amides is 1. The number of furan rings is 1. The summed E-state index contributed by atoms with van der Waals surface area (Å²) in [7, 11) is 3.65. The molecule has 8 nitrogen and oxygen atoms in total. The topological polar surface area (TPSA) is 107 Å². The van der Waals surface area contributed by atoms with E-state index in [1.807, 2.05) is 18.0 Å². The molecule has 2 aliphatic carbocycles. The molecule has 1 aromatic carbocycles. The molecule has 8 heteroatoms. The molecule has 3 N–H and O–H groups in total. The number of β-amino-alcohol motifs (C(OH)–C–C–N with tert-alkyl or cyclic N) is 1. The van der Waals surface area contributed by atoms with Crippen molar-refractivity contribution in [3.05, 3.63) is 53.5 Å². The van der Waals surface area contributed by atoms with Crippen LogP contribution in [-0.2, 0) is 16.6 Å². The monoisotopic (exact) mass is 452 g/mol. The first-order chi connectivity index (χ1) is 15.8. The highest BCUT2D eigenvalue weighted by Crippen LogP contribution is 2.65. The largest absolute Gasteiger partial charge is 0.504 e. The number of hydrogen-bond acceptors (Lipinski definition) is 7. The van der Waals surface area contributed by atoms with Gasteiger partial charge >= 0.3 is 0 Å². The first kappa shape index (κ1) is 20.8. The normalized spacial score (nSPS) is 36.5. The van der Waals surface area contributed by atoms with E-state index < -0.39 is 23.2 Å². The molecule has 0 radical (unpaired) electrons. The molecule has 1 amide bonds. The fourth-order valence-electron chi connectivity index (χ4n) is 7.03. The maximum Gasteiger partial charge on any atom is 0.246 e. The molecule has 3 unspecified atom stereocenters. The summed E-state index contributed by atoms with van der Waals surface area (Å²) in [6.07, 6.45) is 6.24. The van der Waals surface area contributed by atoms with Gasteiger partial charge in [0, 0.05) is 36.8 Å². The van der Waals surface area contributed by atoms with Crippen LogP contribution in [0.4, 0.5) is 0 Å². The van der Waals surface area contributed by atoms with Crippen LogP contribution in [0, 0.1) is 0 Å². The Balaban J connectivity index is 1.45. The average molecular weight is 453 g/mol. The minimum atomic E-state index is -1.23. The van der Waals surface area contributed by atoms with E-state index >= 15 is 0 Å². The van der Waals surface area contributed by atoms with Gasteiger partial charge in [-0.25, -0.2) is 0 Å². The summed E-state index contributed by atoms with van der Waals surface area (Å²) in [5.41, 5.74) is 0.125. The summed E-state index contributed by atoms with van der Waals surface area (Å²) in [6, 6.07) is 4.68. The maximum absolute atomic E-state index is 13.1. The van der Waals surface area contributed by atoms with E-state index in [-0.39, 0.29) is 23.7 Å². The third-order valence-corrected chi connectivity index (χ3v) is 8.51. The zero-order chi connectivity index (χ0) is 23.1. The number of likely N-dealkylation sites (N-methyl/N-ethyl adjacent to an activating group) is 2. The van der Waals surface area contributed by atoms with Crippen LogP contribution in [0.1, 0.15) is 29.5 Å². The molecule has 2 aromatic rings. The average Bonchev–Trinajstić information content (AvgIpc) is 3.43. The maximum atomic E-state index is 13.1. The molecule has 2 fully saturated rings. The second-order valence-corrected chi connectivity index (χ2v) is 9.90. The Morgan fingerprint density at radius 1 is 1.33 bits per heavy atom. The van der Waals surface area contributed by atoms with Crippen molar-refractivity contribution in [2.45, 2.75) is 54.6 Å². The minimum absolute atomic E-state index is 0.00274. The molecular weight excluding hydrogens is 424 g/mol. The minimum Gasteiger partial charge on any atom is -0.504 e. The van der Waals surface area contributed by atoms with Crippen LogP contribution in [0.5, 0.6) is 11.5 Å². The summed E-state index contributed by atoms with van der Waals surface area (Å²) in [4.78, 5) is 16.7. The molecular formula is C25H28N2O6. The van der Waals surface area contributed by atoms with Gasteiger partial charge in [-0.2, -0.15) is 0 Å². The molecule has 1 spiro atoms. The van der Waals surface area contributed by atoms with E-state index in [9.17, 15) is 20.1 Å². The number of phenols is 1. The summed E-state index contributed by atoms with van der Waals surface area (Å²) < 4.78 is 11.4. The second kappa shape index (κ2) is 6.85. The van der Waals surface area contributed by atoms with Crippen LogP contribution in [0.2, 0.25) is 0 Å². The first-order valence-corrected chi connectivity index (χ1v) is 11.4. The van der Waals surface area contributed by atoms with Gasteiger partial charge in [0.15, 0.2) is 11.5 Å². The van der Waals surface area contributed by atoms with E-state index in [4.69, 9.17) is 9.15 Å². The van der Waals surface area contributed by atoms with Gasteiger partial charge < -0.3 is 29.4 Å². The van der Waals surface area contributed by atoms with E-state index in [0.717, 1.165) is 11.1 Å². The third kappa shape index (κ3) is 2.48. The van der Waals surface area contributed by atoms with Gasteiger partial charge in [0.1, 0.15) is 6.10 Å². The van der Waals surface area contributed by atoms with Crippen molar-refractivity contribution in [3.63, 3.8) is 0 Å². The molecule has 2 aliphatic heterocycles. The van der Waals surface area contributed by atoms with Crippen molar-refractivity contribution in [2.75, 3.05) is 20.6 Å². The van der Waals surface area contributed by atoms with E-state index in [0.29, 0.717) is 37.1 Å². The lowest BCUT2D eigenvalue weighted by Gasteiger charge is -2.65. The Morgan fingerprint density at radius 3 is 2.91 bits per heavy atom. The number of ether oxygens (including phenoxy) is 1. The van der Waals surface area contributed by atoms with Crippen molar-refractivity contribution in [1.82, 2.24) is 9.80 Å². The van der Waals surface area contributed by atoms with E-state index in [1.165, 1.54) is 6.08 Å². The van der Waals surface area contributed by atoms with Gasteiger partial charge in [0.25, 0.3) is 0 Å². The zero-order valence-corrected chi connectivity index (χ0v) is 18.6. The number of aromatic hydroxyl groups is 1. The Kier molecular flexibility index (Phi) is 4.31. The molecule has 4 aliphatic rings. The van der Waals surface area contributed by atoms with Crippen molar-refractivity contribution in [2.24, 2.45) is 0 Å². The number of likely N-dealkylation sites (tertiary alicyclic amines) is 1. The lowest BCUT2D eigenvalue weighted by Crippen LogP contribution is -2.82. The van der Waals surface area contributed by atoms with Gasteiger partial charge in [0.2, 0.25) is 5.91 Å². The molecule has 1 aromatic heterocycles. The number of carbonyl (C=O) groups is 1. The highest BCUT2D eigenvalue weighted by molar-refractivity contribution is 5.92. The quantitative estimate of drug-likeness (QED) is 0.603. The number of benzene rings is 1. The highest BCUT2D eigenvalue weighted by atomic mass is 16.5. The van der Waals surface area contributed by atoms with Crippen LogP contribution in [0.3, 0.4) is 0 Å². The van der Waals surface area contributed by atoms with Crippen LogP contribution in [0.15, 0.2) is 41.2 Å². The number of aliphatic hydroxyl groups is 2. The lowest BCUT2D eigenvalue weighted by molar-refractivity contribution is -0.232. The first-order valence-electron chi connectivity index (χ1n) is 11.4. The number of hydrogen-bond donors (Lipinski definition) is 3. The smallest absolute Gasteiger partial charge is 0.246 e. The summed E-state index contributed by atoms with van der Waals surface area (Å²) in [6.45, 7) is 0.381. The Hall–Kier alpha value is -2.81. The van der Waals surface area contributed by atoms with Crippen LogP contribution in [-0.4, -0.2) is 81.6 Å². The van der Waals surface area contributed by atoms with Crippen molar-refractivity contribution in [3.8, 4) is 11.5 Å².